The molecule has 0 bridgehead atoms. The largest absolute Gasteiger partial charge is 0.493 e. The molecule has 6 heteroatoms. The van der Waals surface area contributed by atoms with Gasteiger partial charge in [0.15, 0.2) is 0 Å². The summed E-state index contributed by atoms with van der Waals surface area (Å²) >= 11 is 0. The number of rotatable bonds is 5. The van der Waals surface area contributed by atoms with Gasteiger partial charge in [-0.05, 0) is 26.0 Å². The van der Waals surface area contributed by atoms with Crippen LogP contribution >= 0.6 is 0 Å². The molecule has 2 heterocycles. The van der Waals surface area contributed by atoms with Crippen molar-refractivity contribution >= 4 is 5.91 Å². The Morgan fingerprint density at radius 2 is 2.07 bits per heavy atom. The molecule has 0 radical (unpaired) electrons. The van der Waals surface area contributed by atoms with Crippen molar-refractivity contribution in [1.82, 2.24) is 15.1 Å². The van der Waals surface area contributed by atoms with E-state index in [1.807, 2.05) is 44.2 Å². The van der Waals surface area contributed by atoms with Crippen molar-refractivity contribution in [1.29, 1.82) is 0 Å². The molecule has 0 fully saturated rings. The van der Waals surface area contributed by atoms with Crippen LogP contribution in [0.4, 0.5) is 0 Å². The summed E-state index contributed by atoms with van der Waals surface area (Å²) in [5.74, 6) is 0.760. The number of nitrogens with zero attached hydrogens (tertiary/aromatic N) is 2. The lowest BCUT2D eigenvalue weighted by atomic mass is 9.99. The van der Waals surface area contributed by atoms with Gasteiger partial charge in [-0.1, -0.05) is 30.4 Å². The highest BCUT2D eigenvalue weighted by molar-refractivity contribution is 5.96. The fourth-order valence-corrected chi connectivity index (χ4v) is 3.52. The molecule has 0 saturated heterocycles. The molecular weight excluding hydrogens is 366 g/mol. The predicted molar refractivity (Wildman–Crippen MR) is 114 cm³/mol. The molecule has 0 aliphatic carbocycles. The third-order valence-electron chi connectivity index (χ3n) is 5.13. The molecule has 1 atom stereocenters. The quantitative estimate of drug-likeness (QED) is 0.802. The van der Waals surface area contributed by atoms with Crippen LogP contribution < -0.4 is 10.1 Å². The van der Waals surface area contributed by atoms with Crippen LogP contribution in [0.15, 0.2) is 71.4 Å². The number of fused-ring (bicyclic) bond motifs is 1. The lowest BCUT2D eigenvalue weighted by molar-refractivity contribution is -0.124. The van der Waals surface area contributed by atoms with Gasteiger partial charge in [0.1, 0.15) is 5.75 Å². The third-order valence-corrected chi connectivity index (χ3v) is 5.13. The second kappa shape index (κ2) is 8.57. The Morgan fingerprint density at radius 1 is 1.34 bits per heavy atom. The third kappa shape index (κ3) is 4.22. The molecule has 6 nitrogen and oxygen atoms in total. The number of benzene rings is 1. The fraction of sp³-hybridized carbons (Fsp3) is 0.348. The summed E-state index contributed by atoms with van der Waals surface area (Å²) in [7, 11) is 3.45. The number of amides is 1. The molecule has 1 aromatic carbocycles. The van der Waals surface area contributed by atoms with Crippen LogP contribution in [0.1, 0.15) is 31.9 Å². The molecule has 2 N–H and O–H groups in total. The Bertz CT molecular complexity index is 908. The molecule has 154 valence electrons. The molecule has 2 aliphatic heterocycles. The number of hydrogen-bond acceptors (Lipinski definition) is 5. The Morgan fingerprint density at radius 3 is 2.72 bits per heavy atom. The number of carbonyl (C=O) groups excluding carboxylic acids is 1. The average Bonchev–Trinajstić information content (AvgIpc) is 2.70. The smallest absolute Gasteiger partial charge is 0.254 e. The number of likely N-dealkylation sites (N-methyl/N-ethyl adjacent to an activating group) is 1. The Labute approximate surface area is 172 Å². The maximum Gasteiger partial charge on any atom is 0.254 e. The van der Waals surface area contributed by atoms with E-state index in [-0.39, 0.29) is 18.6 Å². The van der Waals surface area contributed by atoms with Crippen molar-refractivity contribution in [3.05, 3.63) is 76.9 Å². The molecule has 1 amide bonds. The van der Waals surface area contributed by atoms with E-state index in [2.05, 4.69) is 11.9 Å². The van der Waals surface area contributed by atoms with Crippen LogP contribution in [0, 0.1) is 0 Å². The van der Waals surface area contributed by atoms with Gasteiger partial charge < -0.3 is 25.0 Å². The van der Waals surface area contributed by atoms with Gasteiger partial charge in [0.2, 0.25) is 0 Å². The summed E-state index contributed by atoms with van der Waals surface area (Å²) in [5, 5.41) is 13.5. The summed E-state index contributed by atoms with van der Waals surface area (Å²) in [5.41, 5.74) is 4.72. The van der Waals surface area contributed by atoms with Crippen molar-refractivity contribution < 1.29 is 14.6 Å². The van der Waals surface area contributed by atoms with Gasteiger partial charge in [0.05, 0.1) is 36.2 Å². The van der Waals surface area contributed by atoms with Crippen molar-refractivity contribution in [3.63, 3.8) is 0 Å². The predicted octanol–water partition coefficient (Wildman–Crippen LogP) is 3.07. The zero-order valence-electron chi connectivity index (χ0n) is 17.5. The summed E-state index contributed by atoms with van der Waals surface area (Å²) < 4.78 is 5.76. The van der Waals surface area contributed by atoms with Gasteiger partial charge in [-0.3, -0.25) is 4.79 Å². The Hall–Kier alpha value is -2.99. The number of nitrogens with one attached hydrogen (secondary N) is 1. The van der Waals surface area contributed by atoms with Gasteiger partial charge in [-0.15, -0.1) is 0 Å². The first kappa shape index (κ1) is 20.7. The van der Waals surface area contributed by atoms with Crippen LogP contribution in [-0.4, -0.2) is 48.1 Å². The zero-order valence-corrected chi connectivity index (χ0v) is 17.5. The Kier molecular flexibility index (Phi) is 6.13. The molecule has 29 heavy (non-hydrogen) atoms. The summed E-state index contributed by atoms with van der Waals surface area (Å²) in [6.07, 6.45) is 4.38. The molecule has 0 aromatic heterocycles. The summed E-state index contributed by atoms with van der Waals surface area (Å²) in [6, 6.07) is 8.01. The van der Waals surface area contributed by atoms with E-state index in [0.29, 0.717) is 23.6 Å². The molecular formula is C23H29N3O3. The minimum absolute atomic E-state index is 0.0443. The van der Waals surface area contributed by atoms with Gasteiger partial charge in [-0.2, -0.15) is 0 Å². The summed E-state index contributed by atoms with van der Waals surface area (Å²) in [6.45, 7) is 8.57. The van der Waals surface area contributed by atoms with E-state index in [1.54, 1.807) is 25.2 Å². The second-order valence-corrected chi connectivity index (χ2v) is 7.64. The van der Waals surface area contributed by atoms with E-state index >= 15 is 0 Å². The molecule has 0 saturated carbocycles. The monoisotopic (exact) mass is 395 g/mol. The van der Waals surface area contributed by atoms with Crippen molar-refractivity contribution in [3.8, 4) is 5.75 Å². The van der Waals surface area contributed by atoms with Crippen LogP contribution in [0.2, 0.25) is 0 Å². The van der Waals surface area contributed by atoms with E-state index in [9.17, 15) is 9.90 Å². The minimum Gasteiger partial charge on any atom is -0.493 e. The first-order valence-electron chi connectivity index (χ1n) is 9.72. The number of hydrogen-bond donors (Lipinski definition) is 2. The lowest BCUT2D eigenvalue weighted by Gasteiger charge is -2.35. The highest BCUT2D eigenvalue weighted by atomic mass is 16.5. The number of allylic oxidation sites excluding steroid dienone is 1. The SMILES string of the molecule is C=C1C(NC2CCOc3ccccc32)=CC(C(=O)N(C)C)=CN1C(CO)=C(C)C. The fourth-order valence-electron chi connectivity index (χ4n) is 3.52. The van der Waals surface area contributed by atoms with Crippen LogP contribution in [0.3, 0.4) is 0 Å². The molecule has 3 rings (SSSR count). The van der Waals surface area contributed by atoms with Crippen LogP contribution in [-0.2, 0) is 4.79 Å². The van der Waals surface area contributed by atoms with Crippen LogP contribution in [0.25, 0.3) is 0 Å². The van der Waals surface area contributed by atoms with E-state index in [1.165, 1.54) is 4.90 Å². The highest BCUT2D eigenvalue weighted by Crippen LogP contribution is 2.35. The first-order chi connectivity index (χ1) is 13.8. The van der Waals surface area contributed by atoms with E-state index in [4.69, 9.17) is 4.74 Å². The van der Waals surface area contributed by atoms with Gasteiger partial charge >= 0.3 is 0 Å². The first-order valence-corrected chi connectivity index (χ1v) is 9.72. The highest BCUT2D eigenvalue weighted by Gasteiger charge is 2.28. The molecule has 0 spiro atoms. The maximum atomic E-state index is 12.7. The summed E-state index contributed by atoms with van der Waals surface area (Å²) in [4.78, 5) is 16.0. The molecule has 2 aliphatic rings. The van der Waals surface area contributed by atoms with E-state index in [0.717, 1.165) is 29.0 Å². The number of carbonyl (C=O) groups is 1. The van der Waals surface area contributed by atoms with Gasteiger partial charge in [-0.25, -0.2) is 0 Å². The van der Waals surface area contributed by atoms with Gasteiger partial charge in [0.25, 0.3) is 5.91 Å². The van der Waals surface area contributed by atoms with Crippen molar-refractivity contribution in [2.45, 2.75) is 26.3 Å². The number of para-hydroxylation sites is 1. The van der Waals surface area contributed by atoms with Crippen molar-refractivity contribution in [2.75, 3.05) is 27.3 Å². The van der Waals surface area contributed by atoms with E-state index < -0.39 is 0 Å². The number of aliphatic hydroxyl groups excluding tert-OH is 1. The zero-order chi connectivity index (χ0) is 21.1. The van der Waals surface area contributed by atoms with Crippen molar-refractivity contribution in [2.24, 2.45) is 0 Å². The van der Waals surface area contributed by atoms with Crippen LogP contribution in [0.5, 0.6) is 5.75 Å². The number of ether oxygens (including phenoxy) is 1. The standard InChI is InChI=1S/C23H29N3O3/c1-15(2)21(14-27)26-13-17(23(28)25(4)5)12-20(16(26)3)24-19-10-11-29-22-9-7-6-8-18(19)22/h6-9,12-13,19,24,27H,3,10-11,14H2,1-2,4-5H3. The average molecular weight is 396 g/mol. The Balaban J connectivity index is 1.99. The minimum atomic E-state index is -0.144. The van der Waals surface area contributed by atoms with Gasteiger partial charge in [0, 0.05) is 38.0 Å². The topological polar surface area (TPSA) is 65.0 Å². The molecule has 1 unspecified atom stereocenters. The normalized spacial score (nSPS) is 18.2. The lowest BCUT2D eigenvalue weighted by Crippen LogP contribution is -2.35. The molecule has 1 aromatic rings. The number of aliphatic hydroxyl groups is 1. The second-order valence-electron chi connectivity index (χ2n) is 7.64. The maximum absolute atomic E-state index is 12.7.